The SMILES string of the molecule is Cl.NC(=O)c1ccc(-c2ccc(-c3ccccc3C(F)(F)F)cc2)[nH]1. The molecule has 7 heteroatoms. The smallest absolute Gasteiger partial charge is 0.364 e. The molecule has 0 saturated carbocycles. The van der Waals surface area contributed by atoms with Crippen molar-refractivity contribution in [3.8, 4) is 22.4 Å². The third-order valence-electron chi connectivity index (χ3n) is 3.69. The summed E-state index contributed by atoms with van der Waals surface area (Å²) in [5, 5.41) is 0. The van der Waals surface area contributed by atoms with Gasteiger partial charge in [0, 0.05) is 5.69 Å². The van der Waals surface area contributed by atoms with Crippen molar-refractivity contribution in [1.29, 1.82) is 0 Å². The Morgan fingerprint density at radius 3 is 2.04 bits per heavy atom. The fourth-order valence-electron chi connectivity index (χ4n) is 2.52. The van der Waals surface area contributed by atoms with Gasteiger partial charge in [-0.2, -0.15) is 13.2 Å². The van der Waals surface area contributed by atoms with Gasteiger partial charge in [0.1, 0.15) is 5.69 Å². The highest BCUT2D eigenvalue weighted by Crippen LogP contribution is 2.37. The molecule has 3 N–H and O–H groups in total. The molecule has 3 rings (SSSR count). The molecule has 0 atom stereocenters. The van der Waals surface area contributed by atoms with Crippen molar-refractivity contribution >= 4 is 18.3 Å². The fraction of sp³-hybridized carbons (Fsp3) is 0.0556. The van der Waals surface area contributed by atoms with Crippen LogP contribution in [0.5, 0.6) is 0 Å². The lowest BCUT2D eigenvalue weighted by molar-refractivity contribution is -0.137. The van der Waals surface area contributed by atoms with Crippen LogP contribution in [0.25, 0.3) is 22.4 Å². The second kappa shape index (κ2) is 7.03. The second-order valence-corrected chi connectivity index (χ2v) is 5.27. The zero-order chi connectivity index (χ0) is 17.3. The lowest BCUT2D eigenvalue weighted by atomic mass is 9.98. The number of carbonyl (C=O) groups excluding carboxylic acids is 1. The number of alkyl halides is 3. The minimum absolute atomic E-state index is 0. The molecular formula is C18H14ClF3N2O. The molecule has 0 aliphatic carbocycles. The molecule has 130 valence electrons. The van der Waals surface area contributed by atoms with Crippen molar-refractivity contribution in [3.63, 3.8) is 0 Å². The highest BCUT2D eigenvalue weighted by Gasteiger charge is 2.33. The number of H-pyrrole nitrogens is 1. The number of nitrogens with one attached hydrogen (secondary N) is 1. The number of hydrogen-bond donors (Lipinski definition) is 2. The zero-order valence-corrected chi connectivity index (χ0v) is 13.6. The molecule has 0 saturated heterocycles. The molecule has 2 aromatic carbocycles. The Hall–Kier alpha value is -2.73. The monoisotopic (exact) mass is 366 g/mol. The minimum atomic E-state index is -4.41. The maximum Gasteiger partial charge on any atom is 0.417 e. The average Bonchev–Trinajstić information content (AvgIpc) is 3.04. The average molecular weight is 367 g/mol. The quantitative estimate of drug-likeness (QED) is 0.681. The number of nitrogens with two attached hydrogens (primary N) is 1. The van der Waals surface area contributed by atoms with Crippen molar-refractivity contribution in [1.82, 2.24) is 4.98 Å². The van der Waals surface area contributed by atoms with Crippen LogP contribution in [-0.4, -0.2) is 10.9 Å². The van der Waals surface area contributed by atoms with Crippen LogP contribution < -0.4 is 5.73 Å². The molecule has 0 aliphatic heterocycles. The van der Waals surface area contributed by atoms with E-state index < -0.39 is 17.6 Å². The van der Waals surface area contributed by atoms with Crippen LogP contribution in [-0.2, 0) is 6.18 Å². The Morgan fingerprint density at radius 2 is 1.48 bits per heavy atom. The number of carbonyl (C=O) groups is 1. The number of hydrogen-bond acceptors (Lipinski definition) is 1. The van der Waals surface area contributed by atoms with Gasteiger partial charge >= 0.3 is 6.18 Å². The molecule has 0 bridgehead atoms. The predicted octanol–water partition coefficient (Wildman–Crippen LogP) is 4.89. The van der Waals surface area contributed by atoms with E-state index >= 15 is 0 Å². The van der Waals surface area contributed by atoms with Gasteiger partial charge in [0.25, 0.3) is 5.91 Å². The van der Waals surface area contributed by atoms with Gasteiger partial charge in [0.2, 0.25) is 0 Å². The van der Waals surface area contributed by atoms with Crippen molar-refractivity contribution < 1.29 is 18.0 Å². The molecular weight excluding hydrogens is 353 g/mol. The molecule has 1 heterocycles. The van der Waals surface area contributed by atoms with E-state index in [0.717, 1.165) is 11.6 Å². The van der Waals surface area contributed by atoms with E-state index in [1.165, 1.54) is 12.1 Å². The summed E-state index contributed by atoms with van der Waals surface area (Å²) >= 11 is 0. The van der Waals surface area contributed by atoms with E-state index in [4.69, 9.17) is 5.73 Å². The summed E-state index contributed by atoms with van der Waals surface area (Å²) in [6, 6.07) is 15.3. The van der Waals surface area contributed by atoms with Gasteiger partial charge in [-0.1, -0.05) is 42.5 Å². The highest BCUT2D eigenvalue weighted by molar-refractivity contribution is 5.92. The summed E-state index contributed by atoms with van der Waals surface area (Å²) in [4.78, 5) is 14.0. The van der Waals surface area contributed by atoms with E-state index in [9.17, 15) is 18.0 Å². The summed E-state index contributed by atoms with van der Waals surface area (Å²) in [5.41, 5.74) is 6.79. The molecule has 0 aliphatic rings. The van der Waals surface area contributed by atoms with Crippen LogP contribution in [0.4, 0.5) is 13.2 Å². The highest BCUT2D eigenvalue weighted by atomic mass is 35.5. The zero-order valence-electron chi connectivity index (χ0n) is 12.8. The molecule has 0 fully saturated rings. The Morgan fingerprint density at radius 1 is 0.880 bits per heavy atom. The molecule has 0 unspecified atom stereocenters. The molecule has 1 amide bonds. The first kappa shape index (κ1) is 18.6. The van der Waals surface area contributed by atoms with Crippen molar-refractivity contribution in [2.24, 2.45) is 5.73 Å². The largest absolute Gasteiger partial charge is 0.417 e. The van der Waals surface area contributed by atoms with E-state index in [-0.39, 0.29) is 23.7 Å². The van der Waals surface area contributed by atoms with E-state index in [1.54, 1.807) is 42.5 Å². The fourth-order valence-corrected chi connectivity index (χ4v) is 2.52. The Balaban J connectivity index is 0.00000225. The summed E-state index contributed by atoms with van der Waals surface area (Å²) in [5.74, 6) is -0.572. The standard InChI is InChI=1S/C18H13F3N2O.ClH/c19-18(20,21)14-4-2-1-3-13(14)11-5-7-12(8-6-11)15-9-10-16(23-15)17(22)24;/h1-10,23H,(H2,22,24);1H. The van der Waals surface area contributed by atoms with Crippen LogP contribution in [0, 0.1) is 0 Å². The predicted molar refractivity (Wildman–Crippen MR) is 92.4 cm³/mol. The van der Waals surface area contributed by atoms with Crippen molar-refractivity contribution in [2.45, 2.75) is 6.18 Å². The van der Waals surface area contributed by atoms with E-state index in [0.29, 0.717) is 11.3 Å². The number of aromatic amines is 1. The van der Waals surface area contributed by atoms with Crippen LogP contribution in [0.3, 0.4) is 0 Å². The van der Waals surface area contributed by atoms with Gasteiger partial charge in [-0.25, -0.2) is 0 Å². The Kier molecular flexibility index (Phi) is 5.23. The van der Waals surface area contributed by atoms with Crippen LogP contribution in [0.2, 0.25) is 0 Å². The van der Waals surface area contributed by atoms with Gasteiger partial charge in [0.05, 0.1) is 5.56 Å². The van der Waals surface area contributed by atoms with Crippen LogP contribution in [0.15, 0.2) is 60.7 Å². The number of halogens is 4. The molecule has 3 aromatic rings. The lowest BCUT2D eigenvalue weighted by Crippen LogP contribution is -2.10. The normalized spacial score (nSPS) is 11.0. The number of aromatic nitrogens is 1. The van der Waals surface area contributed by atoms with Gasteiger partial charge < -0.3 is 10.7 Å². The molecule has 25 heavy (non-hydrogen) atoms. The summed E-state index contributed by atoms with van der Waals surface area (Å²) in [6.45, 7) is 0. The molecule has 0 spiro atoms. The van der Waals surface area contributed by atoms with Gasteiger partial charge in [-0.3, -0.25) is 4.79 Å². The summed E-state index contributed by atoms with van der Waals surface area (Å²) < 4.78 is 39.3. The van der Waals surface area contributed by atoms with E-state index in [1.807, 2.05) is 0 Å². The number of rotatable bonds is 3. The van der Waals surface area contributed by atoms with Gasteiger partial charge in [0.15, 0.2) is 0 Å². The Labute approximate surface area is 148 Å². The van der Waals surface area contributed by atoms with Gasteiger partial charge in [-0.15, -0.1) is 12.4 Å². The Bertz CT molecular complexity index is 886. The number of benzene rings is 2. The molecule has 1 aromatic heterocycles. The minimum Gasteiger partial charge on any atom is -0.364 e. The first-order chi connectivity index (χ1) is 11.4. The van der Waals surface area contributed by atoms with Crippen LogP contribution >= 0.6 is 12.4 Å². The maximum atomic E-state index is 13.1. The van der Waals surface area contributed by atoms with Crippen molar-refractivity contribution in [3.05, 3.63) is 71.9 Å². The summed E-state index contributed by atoms with van der Waals surface area (Å²) in [6.07, 6.45) is -4.41. The van der Waals surface area contributed by atoms with Gasteiger partial charge in [-0.05, 0) is 34.9 Å². The first-order valence-electron chi connectivity index (χ1n) is 7.12. The summed E-state index contributed by atoms with van der Waals surface area (Å²) in [7, 11) is 0. The number of primary amides is 1. The molecule has 3 nitrogen and oxygen atoms in total. The third kappa shape index (κ3) is 3.85. The second-order valence-electron chi connectivity index (χ2n) is 5.27. The van der Waals surface area contributed by atoms with Crippen molar-refractivity contribution in [2.75, 3.05) is 0 Å². The molecule has 0 radical (unpaired) electrons. The third-order valence-corrected chi connectivity index (χ3v) is 3.69. The topological polar surface area (TPSA) is 58.9 Å². The number of amides is 1. The van der Waals surface area contributed by atoms with E-state index in [2.05, 4.69) is 4.98 Å². The first-order valence-corrected chi connectivity index (χ1v) is 7.12. The van der Waals surface area contributed by atoms with Crippen LogP contribution in [0.1, 0.15) is 16.1 Å². The lowest BCUT2D eigenvalue weighted by Gasteiger charge is -2.13. The maximum absolute atomic E-state index is 13.1.